The van der Waals surface area contributed by atoms with Crippen LogP contribution >= 0.6 is 11.6 Å². The lowest BCUT2D eigenvalue weighted by Crippen LogP contribution is -2.08. The van der Waals surface area contributed by atoms with Crippen LogP contribution in [-0.2, 0) is 11.3 Å². The Morgan fingerprint density at radius 3 is 2.61 bits per heavy atom. The fourth-order valence-electron chi connectivity index (χ4n) is 1.94. The highest BCUT2D eigenvalue weighted by molar-refractivity contribution is 6.30. The average Bonchev–Trinajstić information content (AvgIpc) is 2.47. The molecular formula is C16H14ClNO5. The van der Waals surface area contributed by atoms with Gasteiger partial charge in [-0.15, -0.1) is 0 Å². The van der Waals surface area contributed by atoms with Gasteiger partial charge in [0.15, 0.2) is 0 Å². The van der Waals surface area contributed by atoms with Crippen LogP contribution in [0, 0.1) is 0 Å². The van der Waals surface area contributed by atoms with Gasteiger partial charge in [0.2, 0.25) is 0 Å². The molecule has 0 saturated heterocycles. The number of anilines is 1. The number of rotatable bonds is 5. The summed E-state index contributed by atoms with van der Waals surface area (Å²) >= 11 is 5.88. The van der Waals surface area contributed by atoms with E-state index in [9.17, 15) is 14.7 Å². The normalized spacial score (nSPS) is 10.2. The Kier molecular flexibility index (Phi) is 5.08. The van der Waals surface area contributed by atoms with E-state index < -0.39 is 11.9 Å². The molecular weight excluding hydrogens is 322 g/mol. The van der Waals surface area contributed by atoms with Crippen LogP contribution in [0.2, 0.25) is 5.02 Å². The number of hydrogen-bond donors (Lipinski definition) is 3. The van der Waals surface area contributed by atoms with Crippen molar-refractivity contribution in [2.45, 2.75) is 13.5 Å². The fourth-order valence-corrected chi connectivity index (χ4v) is 2.14. The summed E-state index contributed by atoms with van der Waals surface area (Å²) in [6, 6.07) is 8.95. The molecule has 0 spiro atoms. The number of esters is 1. The second kappa shape index (κ2) is 7.02. The summed E-state index contributed by atoms with van der Waals surface area (Å²) in [6.07, 6.45) is 0. The fraction of sp³-hybridized carbons (Fsp3) is 0.125. The molecule has 2 aromatic carbocycles. The Balaban J connectivity index is 2.21. The minimum atomic E-state index is -1.19. The maximum atomic E-state index is 11.1. The first-order valence-electron chi connectivity index (χ1n) is 6.64. The lowest BCUT2D eigenvalue weighted by atomic mass is 10.1. The van der Waals surface area contributed by atoms with E-state index in [4.69, 9.17) is 21.4 Å². The molecule has 0 heterocycles. The van der Waals surface area contributed by atoms with E-state index in [0.29, 0.717) is 16.3 Å². The molecule has 3 N–H and O–H groups in total. The van der Waals surface area contributed by atoms with Gasteiger partial charge in [0, 0.05) is 35.8 Å². The van der Waals surface area contributed by atoms with Crippen molar-refractivity contribution in [2.75, 3.05) is 5.32 Å². The highest BCUT2D eigenvalue weighted by Gasteiger charge is 2.14. The predicted octanol–water partition coefficient (Wildman–Crippen LogP) is 3.28. The van der Waals surface area contributed by atoms with Gasteiger partial charge in [0.25, 0.3) is 0 Å². The van der Waals surface area contributed by atoms with Crippen LogP contribution in [0.25, 0.3) is 0 Å². The van der Waals surface area contributed by atoms with Crippen molar-refractivity contribution in [3.05, 3.63) is 52.5 Å². The molecule has 0 unspecified atom stereocenters. The van der Waals surface area contributed by atoms with E-state index in [1.165, 1.54) is 31.2 Å². The summed E-state index contributed by atoms with van der Waals surface area (Å²) in [6.45, 7) is 1.45. The van der Waals surface area contributed by atoms with Gasteiger partial charge in [-0.1, -0.05) is 11.6 Å². The molecule has 0 aromatic heterocycles. The van der Waals surface area contributed by atoms with Crippen LogP contribution in [0.1, 0.15) is 22.8 Å². The van der Waals surface area contributed by atoms with Gasteiger partial charge in [0.05, 0.1) is 0 Å². The van der Waals surface area contributed by atoms with Crippen molar-refractivity contribution in [3.8, 4) is 11.5 Å². The summed E-state index contributed by atoms with van der Waals surface area (Å²) in [5, 5.41) is 22.3. The topological polar surface area (TPSA) is 95.9 Å². The number of carboxylic acid groups (broad SMARTS) is 1. The van der Waals surface area contributed by atoms with Crippen LogP contribution in [0.5, 0.6) is 11.5 Å². The number of nitrogens with one attached hydrogen (secondary N) is 1. The number of hydrogen-bond acceptors (Lipinski definition) is 5. The number of phenols is 1. The molecule has 0 aliphatic heterocycles. The first kappa shape index (κ1) is 16.6. The molecule has 0 fully saturated rings. The first-order valence-corrected chi connectivity index (χ1v) is 7.01. The van der Waals surface area contributed by atoms with E-state index >= 15 is 0 Å². The molecule has 0 aliphatic carbocycles. The van der Waals surface area contributed by atoms with Crippen molar-refractivity contribution in [1.29, 1.82) is 0 Å². The van der Waals surface area contributed by atoms with Gasteiger partial charge < -0.3 is 20.3 Å². The molecule has 0 bridgehead atoms. The number of halogens is 1. The molecule has 6 nitrogen and oxygen atoms in total. The second-order valence-electron chi connectivity index (χ2n) is 4.74. The number of carboxylic acids is 1. The van der Waals surface area contributed by atoms with Crippen LogP contribution in [0.15, 0.2) is 36.4 Å². The lowest BCUT2D eigenvalue weighted by Gasteiger charge is -2.11. The third-order valence-corrected chi connectivity index (χ3v) is 3.23. The number of carbonyl (C=O) groups excluding carboxylic acids is 1. The highest BCUT2D eigenvalue weighted by Crippen LogP contribution is 2.26. The van der Waals surface area contributed by atoms with Gasteiger partial charge in [0.1, 0.15) is 17.1 Å². The van der Waals surface area contributed by atoms with Crippen LogP contribution < -0.4 is 10.1 Å². The molecule has 2 aromatic rings. The van der Waals surface area contributed by atoms with Gasteiger partial charge in [-0.05, 0) is 30.3 Å². The van der Waals surface area contributed by atoms with E-state index in [1.54, 1.807) is 12.1 Å². The number of benzene rings is 2. The van der Waals surface area contributed by atoms with Gasteiger partial charge in [-0.25, -0.2) is 4.79 Å². The van der Waals surface area contributed by atoms with Crippen molar-refractivity contribution in [1.82, 2.24) is 0 Å². The Bertz CT molecular complexity index is 760. The molecule has 0 radical (unpaired) electrons. The molecule has 120 valence electrons. The number of phenolic OH excluding ortho intramolecular Hbond substituents is 1. The number of carbonyl (C=O) groups is 2. The predicted molar refractivity (Wildman–Crippen MR) is 85.2 cm³/mol. The molecule has 0 atom stereocenters. The Morgan fingerprint density at radius 1 is 1.22 bits per heavy atom. The first-order chi connectivity index (χ1) is 10.9. The smallest absolute Gasteiger partial charge is 0.339 e. The zero-order valence-electron chi connectivity index (χ0n) is 12.2. The lowest BCUT2D eigenvalue weighted by molar-refractivity contribution is -0.131. The Morgan fingerprint density at radius 2 is 1.96 bits per heavy atom. The molecule has 2 rings (SSSR count). The van der Waals surface area contributed by atoms with Gasteiger partial charge >= 0.3 is 11.9 Å². The largest absolute Gasteiger partial charge is 0.508 e. The third kappa shape index (κ3) is 4.37. The minimum Gasteiger partial charge on any atom is -0.508 e. The van der Waals surface area contributed by atoms with Crippen molar-refractivity contribution >= 4 is 29.2 Å². The number of aromatic carboxylic acids is 1. The maximum absolute atomic E-state index is 11.1. The van der Waals surface area contributed by atoms with E-state index in [1.807, 2.05) is 0 Å². The van der Waals surface area contributed by atoms with Crippen molar-refractivity contribution in [2.24, 2.45) is 0 Å². The summed E-state index contributed by atoms with van der Waals surface area (Å²) in [5.74, 6) is -1.77. The SMILES string of the molecule is CC(=O)Oc1cc(NCc2cc(Cl)ccc2O)ccc1C(=O)O. The summed E-state index contributed by atoms with van der Waals surface area (Å²) < 4.78 is 4.91. The van der Waals surface area contributed by atoms with E-state index in [0.717, 1.165) is 0 Å². The van der Waals surface area contributed by atoms with E-state index in [-0.39, 0.29) is 23.6 Å². The molecule has 0 saturated carbocycles. The highest BCUT2D eigenvalue weighted by atomic mass is 35.5. The maximum Gasteiger partial charge on any atom is 0.339 e. The third-order valence-electron chi connectivity index (χ3n) is 2.99. The number of aromatic hydroxyl groups is 1. The van der Waals surface area contributed by atoms with E-state index in [2.05, 4.69) is 5.32 Å². The van der Waals surface area contributed by atoms with Crippen LogP contribution in [0.4, 0.5) is 5.69 Å². The molecule has 0 aliphatic rings. The average molecular weight is 336 g/mol. The molecule has 0 amide bonds. The van der Waals surface area contributed by atoms with Gasteiger partial charge in [-0.2, -0.15) is 0 Å². The Labute approximate surface area is 137 Å². The standard InChI is InChI=1S/C16H14ClNO5/c1-9(19)23-15-7-12(3-4-13(15)16(21)22)18-8-10-6-11(17)2-5-14(10)20/h2-7,18,20H,8H2,1H3,(H,21,22). The molecule has 23 heavy (non-hydrogen) atoms. The summed E-state index contributed by atoms with van der Waals surface area (Å²) in [7, 11) is 0. The Hall–Kier alpha value is -2.73. The quantitative estimate of drug-likeness (QED) is 0.573. The number of ether oxygens (including phenoxy) is 1. The summed E-state index contributed by atoms with van der Waals surface area (Å²) in [4.78, 5) is 22.2. The molecule has 7 heteroatoms. The van der Waals surface area contributed by atoms with Crippen LogP contribution in [0.3, 0.4) is 0 Å². The zero-order chi connectivity index (χ0) is 17.0. The zero-order valence-corrected chi connectivity index (χ0v) is 12.9. The second-order valence-corrected chi connectivity index (χ2v) is 5.17. The van der Waals surface area contributed by atoms with Crippen LogP contribution in [-0.4, -0.2) is 22.2 Å². The summed E-state index contributed by atoms with van der Waals surface area (Å²) in [5.41, 5.74) is 0.996. The minimum absolute atomic E-state index is 0.0506. The monoisotopic (exact) mass is 335 g/mol. The van der Waals surface area contributed by atoms with Crippen molar-refractivity contribution in [3.63, 3.8) is 0 Å². The van der Waals surface area contributed by atoms with Crippen molar-refractivity contribution < 1.29 is 24.5 Å². The van der Waals surface area contributed by atoms with Gasteiger partial charge in [-0.3, -0.25) is 4.79 Å².